The monoisotopic (exact) mass is 276 g/mol. The van der Waals surface area contributed by atoms with E-state index in [1.54, 1.807) is 17.4 Å². The standard InChI is InChI=1S/C14H10F2N2S/c15-11-6-9(17)7-12(16)14(11)18-10-1-2-13-8(5-10)3-4-19-13/h1-7,18H,17H2. The molecule has 0 amide bonds. The zero-order valence-corrected chi connectivity index (χ0v) is 10.6. The maximum absolute atomic E-state index is 13.7. The summed E-state index contributed by atoms with van der Waals surface area (Å²) in [5.74, 6) is -1.41. The molecule has 0 saturated heterocycles. The van der Waals surface area contributed by atoms with Crippen LogP contribution in [0.4, 0.5) is 25.8 Å². The van der Waals surface area contributed by atoms with E-state index in [9.17, 15) is 8.78 Å². The van der Waals surface area contributed by atoms with Crippen molar-refractivity contribution in [3.05, 3.63) is 53.4 Å². The molecule has 0 aliphatic heterocycles. The van der Waals surface area contributed by atoms with Crippen molar-refractivity contribution in [1.29, 1.82) is 0 Å². The van der Waals surface area contributed by atoms with Crippen LogP contribution in [0.3, 0.4) is 0 Å². The van der Waals surface area contributed by atoms with E-state index in [1.807, 2.05) is 23.6 Å². The van der Waals surface area contributed by atoms with Crippen molar-refractivity contribution in [2.24, 2.45) is 0 Å². The topological polar surface area (TPSA) is 38.0 Å². The van der Waals surface area contributed by atoms with E-state index in [4.69, 9.17) is 5.73 Å². The van der Waals surface area contributed by atoms with Crippen LogP contribution in [0.25, 0.3) is 10.1 Å². The molecule has 3 aromatic rings. The Labute approximate surface area is 112 Å². The van der Waals surface area contributed by atoms with Crippen molar-refractivity contribution in [2.45, 2.75) is 0 Å². The zero-order chi connectivity index (χ0) is 13.4. The van der Waals surface area contributed by atoms with Crippen molar-refractivity contribution in [3.8, 4) is 0 Å². The molecule has 0 spiro atoms. The van der Waals surface area contributed by atoms with Gasteiger partial charge in [-0.3, -0.25) is 0 Å². The third kappa shape index (κ3) is 2.24. The molecule has 19 heavy (non-hydrogen) atoms. The average Bonchev–Trinajstić information content (AvgIpc) is 2.81. The van der Waals surface area contributed by atoms with Crippen molar-refractivity contribution in [3.63, 3.8) is 0 Å². The second-order valence-corrected chi connectivity index (χ2v) is 5.11. The van der Waals surface area contributed by atoms with Gasteiger partial charge in [-0.15, -0.1) is 11.3 Å². The van der Waals surface area contributed by atoms with E-state index in [-0.39, 0.29) is 11.4 Å². The van der Waals surface area contributed by atoms with E-state index in [0.29, 0.717) is 5.69 Å². The lowest BCUT2D eigenvalue weighted by Crippen LogP contribution is -1.99. The molecule has 0 atom stereocenters. The van der Waals surface area contributed by atoms with Gasteiger partial charge in [0, 0.05) is 16.1 Å². The van der Waals surface area contributed by atoms with Gasteiger partial charge in [-0.05, 0) is 47.2 Å². The highest BCUT2D eigenvalue weighted by Crippen LogP contribution is 2.29. The minimum atomic E-state index is -0.706. The SMILES string of the molecule is Nc1cc(F)c(Nc2ccc3sccc3c2)c(F)c1. The maximum atomic E-state index is 13.7. The highest BCUT2D eigenvalue weighted by atomic mass is 32.1. The Bertz CT molecular complexity index is 729. The second-order valence-electron chi connectivity index (χ2n) is 4.16. The summed E-state index contributed by atoms with van der Waals surface area (Å²) in [5.41, 5.74) is 5.88. The highest BCUT2D eigenvalue weighted by molar-refractivity contribution is 7.17. The molecule has 1 heterocycles. The molecule has 3 rings (SSSR count). The summed E-state index contributed by atoms with van der Waals surface area (Å²) in [6.45, 7) is 0. The van der Waals surface area contributed by atoms with Gasteiger partial charge < -0.3 is 11.1 Å². The Kier molecular flexibility index (Phi) is 2.83. The van der Waals surface area contributed by atoms with E-state index in [1.165, 1.54) is 0 Å². The maximum Gasteiger partial charge on any atom is 0.151 e. The van der Waals surface area contributed by atoms with Gasteiger partial charge >= 0.3 is 0 Å². The first-order valence-electron chi connectivity index (χ1n) is 5.62. The van der Waals surface area contributed by atoms with Gasteiger partial charge in [0.15, 0.2) is 11.6 Å². The first-order valence-corrected chi connectivity index (χ1v) is 6.50. The lowest BCUT2D eigenvalue weighted by atomic mass is 10.2. The Morgan fingerprint density at radius 2 is 1.74 bits per heavy atom. The summed E-state index contributed by atoms with van der Waals surface area (Å²) < 4.78 is 28.5. The summed E-state index contributed by atoms with van der Waals surface area (Å²) >= 11 is 1.62. The molecule has 5 heteroatoms. The molecule has 0 aliphatic carbocycles. The number of nitrogens with two attached hydrogens (primary N) is 1. The van der Waals surface area contributed by atoms with Crippen LogP contribution in [0.2, 0.25) is 0 Å². The zero-order valence-electron chi connectivity index (χ0n) is 9.78. The number of rotatable bonds is 2. The molecule has 0 unspecified atom stereocenters. The molecular weight excluding hydrogens is 266 g/mol. The second kappa shape index (κ2) is 4.51. The number of benzene rings is 2. The largest absolute Gasteiger partial charge is 0.399 e. The fourth-order valence-electron chi connectivity index (χ4n) is 1.90. The quantitative estimate of drug-likeness (QED) is 0.676. The minimum Gasteiger partial charge on any atom is -0.399 e. The fraction of sp³-hybridized carbons (Fsp3) is 0. The predicted molar refractivity (Wildman–Crippen MR) is 75.9 cm³/mol. The first kappa shape index (κ1) is 11.9. The van der Waals surface area contributed by atoms with Crippen molar-refractivity contribution in [2.75, 3.05) is 11.1 Å². The normalized spacial score (nSPS) is 10.8. The number of nitrogens with one attached hydrogen (secondary N) is 1. The number of fused-ring (bicyclic) bond motifs is 1. The molecular formula is C14H10F2N2S. The molecule has 2 aromatic carbocycles. The van der Waals surface area contributed by atoms with Crippen LogP contribution in [0, 0.1) is 11.6 Å². The molecule has 1 aromatic heterocycles. The van der Waals surface area contributed by atoms with Crippen molar-refractivity contribution >= 4 is 38.5 Å². The molecule has 0 fully saturated rings. The van der Waals surface area contributed by atoms with E-state index in [0.717, 1.165) is 22.2 Å². The van der Waals surface area contributed by atoms with Crippen LogP contribution in [0.5, 0.6) is 0 Å². The minimum absolute atomic E-state index is 0.0637. The van der Waals surface area contributed by atoms with Crippen molar-refractivity contribution < 1.29 is 8.78 Å². The average molecular weight is 276 g/mol. The van der Waals surface area contributed by atoms with Gasteiger partial charge in [-0.1, -0.05) is 0 Å². The van der Waals surface area contributed by atoms with Gasteiger partial charge in [0.25, 0.3) is 0 Å². The van der Waals surface area contributed by atoms with Crippen LogP contribution in [0.15, 0.2) is 41.8 Å². The van der Waals surface area contributed by atoms with E-state index >= 15 is 0 Å². The van der Waals surface area contributed by atoms with Gasteiger partial charge in [0.1, 0.15) is 5.69 Å². The highest BCUT2D eigenvalue weighted by Gasteiger charge is 2.10. The van der Waals surface area contributed by atoms with Gasteiger partial charge in [-0.25, -0.2) is 8.78 Å². The summed E-state index contributed by atoms with van der Waals surface area (Å²) in [7, 11) is 0. The van der Waals surface area contributed by atoms with E-state index < -0.39 is 11.6 Å². The fourth-order valence-corrected chi connectivity index (χ4v) is 2.67. The van der Waals surface area contributed by atoms with E-state index in [2.05, 4.69) is 5.32 Å². The third-order valence-corrected chi connectivity index (χ3v) is 3.68. The number of thiophene rings is 1. The Balaban J connectivity index is 2.00. The van der Waals surface area contributed by atoms with Crippen molar-refractivity contribution in [1.82, 2.24) is 0 Å². The summed E-state index contributed by atoms with van der Waals surface area (Å²) in [6, 6.07) is 9.69. The van der Waals surface area contributed by atoms with Crippen LogP contribution in [-0.4, -0.2) is 0 Å². The number of halogens is 2. The number of anilines is 3. The first-order chi connectivity index (χ1) is 9.13. The summed E-state index contributed by atoms with van der Waals surface area (Å²) in [4.78, 5) is 0. The van der Waals surface area contributed by atoms with Gasteiger partial charge in [0.05, 0.1) is 0 Å². The van der Waals surface area contributed by atoms with Crippen LogP contribution >= 0.6 is 11.3 Å². The molecule has 96 valence electrons. The third-order valence-electron chi connectivity index (χ3n) is 2.79. The van der Waals surface area contributed by atoms with Crippen LogP contribution in [-0.2, 0) is 0 Å². The van der Waals surface area contributed by atoms with Crippen LogP contribution < -0.4 is 11.1 Å². The Morgan fingerprint density at radius 3 is 2.47 bits per heavy atom. The summed E-state index contributed by atoms with van der Waals surface area (Å²) in [6.07, 6.45) is 0. The number of nitrogen functional groups attached to an aromatic ring is 1. The Hall–Kier alpha value is -2.14. The molecule has 3 N–H and O–H groups in total. The predicted octanol–water partition coefficient (Wildman–Crippen LogP) is 4.51. The summed E-state index contributed by atoms with van der Waals surface area (Å²) in [5, 5.41) is 5.75. The smallest absolute Gasteiger partial charge is 0.151 e. The molecule has 0 aliphatic rings. The number of hydrogen-bond acceptors (Lipinski definition) is 3. The Morgan fingerprint density at radius 1 is 1.00 bits per heavy atom. The lowest BCUT2D eigenvalue weighted by Gasteiger charge is -2.09. The molecule has 0 radical (unpaired) electrons. The lowest BCUT2D eigenvalue weighted by molar-refractivity contribution is 0.592. The van der Waals surface area contributed by atoms with Gasteiger partial charge in [0.2, 0.25) is 0 Å². The van der Waals surface area contributed by atoms with Gasteiger partial charge in [-0.2, -0.15) is 0 Å². The number of hydrogen-bond donors (Lipinski definition) is 2. The molecule has 2 nitrogen and oxygen atoms in total. The van der Waals surface area contributed by atoms with Crippen LogP contribution in [0.1, 0.15) is 0 Å². The molecule has 0 bridgehead atoms. The molecule has 0 saturated carbocycles.